The Kier molecular flexibility index (Phi) is 7.57. The summed E-state index contributed by atoms with van der Waals surface area (Å²) in [7, 11) is -2.85. The third-order valence-electron chi connectivity index (χ3n) is 6.67. The second-order valence-electron chi connectivity index (χ2n) is 9.56. The number of anilines is 2. The van der Waals surface area contributed by atoms with E-state index in [0.29, 0.717) is 29.5 Å². The number of nitrogens with zero attached hydrogens (tertiary/aromatic N) is 3. The predicted octanol–water partition coefficient (Wildman–Crippen LogP) is 3.08. The minimum Gasteiger partial charge on any atom is -0.497 e. The molecule has 1 aliphatic heterocycles. The number of urea groups is 1. The lowest BCUT2D eigenvalue weighted by molar-refractivity contribution is -0.120. The molecule has 10 nitrogen and oxygen atoms in total. The van der Waals surface area contributed by atoms with Crippen LogP contribution in [0.4, 0.5) is 25.1 Å². The van der Waals surface area contributed by atoms with E-state index >= 15 is 0 Å². The first-order valence-corrected chi connectivity index (χ1v) is 14.1. The zero-order valence-corrected chi connectivity index (χ0v) is 22.3. The largest absolute Gasteiger partial charge is 0.497 e. The molecule has 2 N–H and O–H groups in total. The standard InChI is InChI=1S/C27H27F2N5O5S/c1-39-23-8-6-22(7-9-23)34(21-4-5-21)26(35)24(15-17-13-19(28)16-20(29)14-17)31-27(36)32-40(37,38)33-12-10-18-3-2-11-30-25(18)33/h2-3,6-9,11,13-14,16,21,24H,4-5,10,12,15H2,1H3,(H2,31,32,36)/t24-/m0/s1. The summed E-state index contributed by atoms with van der Waals surface area (Å²) in [4.78, 5) is 32.5. The molecule has 210 valence electrons. The van der Waals surface area contributed by atoms with Crippen molar-refractivity contribution >= 4 is 33.7 Å². The average Bonchev–Trinajstić information content (AvgIpc) is 3.64. The minimum absolute atomic E-state index is 0.0901. The molecular weight excluding hydrogens is 544 g/mol. The van der Waals surface area contributed by atoms with Gasteiger partial charge in [-0.15, -0.1) is 0 Å². The molecule has 1 fully saturated rings. The molecule has 2 aliphatic rings. The zero-order valence-electron chi connectivity index (χ0n) is 21.5. The number of halogens is 2. The summed E-state index contributed by atoms with van der Waals surface area (Å²) in [5.41, 5.74) is 1.37. The fourth-order valence-electron chi connectivity index (χ4n) is 4.70. The molecule has 40 heavy (non-hydrogen) atoms. The van der Waals surface area contributed by atoms with E-state index in [4.69, 9.17) is 4.74 Å². The molecule has 1 atom stereocenters. The maximum absolute atomic E-state index is 14.0. The smallest absolute Gasteiger partial charge is 0.330 e. The van der Waals surface area contributed by atoms with Crippen LogP contribution in [-0.4, -0.2) is 51.1 Å². The molecule has 3 amide bonds. The Morgan fingerprint density at radius 1 is 1.12 bits per heavy atom. The number of fused-ring (bicyclic) bond motifs is 1. The number of carbonyl (C=O) groups excluding carboxylic acids is 2. The van der Waals surface area contributed by atoms with Gasteiger partial charge in [-0.2, -0.15) is 8.42 Å². The van der Waals surface area contributed by atoms with Crippen LogP contribution in [0.1, 0.15) is 24.0 Å². The van der Waals surface area contributed by atoms with Gasteiger partial charge in [-0.1, -0.05) is 6.07 Å². The van der Waals surface area contributed by atoms with Crippen molar-refractivity contribution in [2.24, 2.45) is 0 Å². The number of pyridine rings is 1. The van der Waals surface area contributed by atoms with Gasteiger partial charge in [0, 0.05) is 37.0 Å². The summed E-state index contributed by atoms with van der Waals surface area (Å²) in [6.45, 7) is 0.0901. The number of benzene rings is 2. The first-order chi connectivity index (χ1) is 19.1. The van der Waals surface area contributed by atoms with Gasteiger partial charge in [0.05, 0.1) is 7.11 Å². The van der Waals surface area contributed by atoms with Crippen LogP contribution in [0.15, 0.2) is 60.8 Å². The fraction of sp³-hybridized carbons (Fsp3) is 0.296. The van der Waals surface area contributed by atoms with Crippen molar-refractivity contribution in [1.82, 2.24) is 15.0 Å². The maximum atomic E-state index is 14.0. The van der Waals surface area contributed by atoms with Crippen LogP contribution in [0, 0.1) is 11.6 Å². The third kappa shape index (κ3) is 5.98. The Morgan fingerprint density at radius 3 is 2.48 bits per heavy atom. The van der Waals surface area contributed by atoms with Crippen LogP contribution >= 0.6 is 0 Å². The summed E-state index contributed by atoms with van der Waals surface area (Å²) in [5.74, 6) is -1.45. The van der Waals surface area contributed by atoms with E-state index in [0.717, 1.165) is 29.3 Å². The van der Waals surface area contributed by atoms with Crippen molar-refractivity contribution in [2.45, 2.75) is 37.8 Å². The van der Waals surface area contributed by atoms with Gasteiger partial charge in [0.25, 0.3) is 0 Å². The van der Waals surface area contributed by atoms with E-state index < -0.39 is 39.8 Å². The topological polar surface area (TPSA) is 121 Å². The van der Waals surface area contributed by atoms with Crippen molar-refractivity contribution in [2.75, 3.05) is 22.9 Å². The minimum atomic E-state index is -4.36. The van der Waals surface area contributed by atoms with Crippen LogP contribution in [0.3, 0.4) is 0 Å². The molecule has 1 aliphatic carbocycles. The number of methoxy groups -OCH3 is 1. The molecule has 1 saturated carbocycles. The SMILES string of the molecule is COc1ccc(N(C(=O)[C@H](Cc2cc(F)cc(F)c2)NC(=O)NS(=O)(=O)N2CCc3cccnc32)C2CC2)cc1. The third-order valence-corrected chi connectivity index (χ3v) is 8.04. The molecule has 1 aromatic heterocycles. The summed E-state index contributed by atoms with van der Waals surface area (Å²) >= 11 is 0. The molecule has 0 spiro atoms. The Balaban J connectivity index is 1.40. The lowest BCUT2D eigenvalue weighted by atomic mass is 10.0. The number of rotatable bonds is 9. The van der Waals surface area contributed by atoms with Gasteiger partial charge in [-0.25, -0.2) is 27.6 Å². The highest BCUT2D eigenvalue weighted by atomic mass is 32.2. The second kappa shape index (κ2) is 11.1. The molecule has 3 aromatic rings. The van der Waals surface area contributed by atoms with Gasteiger partial charge in [0.2, 0.25) is 5.91 Å². The molecule has 0 unspecified atom stereocenters. The second-order valence-corrected chi connectivity index (χ2v) is 11.2. The maximum Gasteiger partial charge on any atom is 0.330 e. The lowest BCUT2D eigenvalue weighted by Crippen LogP contribution is -2.55. The molecule has 2 heterocycles. The summed E-state index contributed by atoms with van der Waals surface area (Å²) in [5, 5.41) is 2.43. The number of aromatic nitrogens is 1. The highest BCUT2D eigenvalue weighted by Crippen LogP contribution is 2.33. The fourth-order valence-corrected chi connectivity index (χ4v) is 5.82. The molecule has 2 aromatic carbocycles. The quantitative estimate of drug-likeness (QED) is 0.407. The Labute approximate surface area is 230 Å². The van der Waals surface area contributed by atoms with Crippen molar-refractivity contribution in [3.8, 4) is 5.75 Å². The number of nitrogens with one attached hydrogen (secondary N) is 2. The van der Waals surface area contributed by atoms with Gasteiger partial charge >= 0.3 is 16.2 Å². The van der Waals surface area contributed by atoms with Crippen LogP contribution in [0.25, 0.3) is 0 Å². The molecule has 0 saturated heterocycles. The van der Waals surface area contributed by atoms with E-state index in [1.54, 1.807) is 36.4 Å². The van der Waals surface area contributed by atoms with Crippen LogP contribution in [0.2, 0.25) is 0 Å². The predicted molar refractivity (Wildman–Crippen MR) is 143 cm³/mol. The van der Waals surface area contributed by atoms with E-state index in [1.165, 1.54) is 18.2 Å². The summed E-state index contributed by atoms with van der Waals surface area (Å²) in [6.07, 6.45) is 3.04. The molecule has 5 rings (SSSR count). The molecule has 13 heteroatoms. The molecular formula is C27H27F2N5O5S. The van der Waals surface area contributed by atoms with Gasteiger partial charge in [0.1, 0.15) is 29.2 Å². The lowest BCUT2D eigenvalue weighted by Gasteiger charge is -2.29. The van der Waals surface area contributed by atoms with Gasteiger partial charge in [-0.3, -0.25) is 4.79 Å². The number of hydrogen-bond acceptors (Lipinski definition) is 6. The van der Waals surface area contributed by atoms with Crippen LogP contribution in [-0.2, 0) is 27.8 Å². The van der Waals surface area contributed by atoms with Gasteiger partial charge < -0.3 is 15.0 Å². The van der Waals surface area contributed by atoms with Crippen molar-refractivity contribution in [1.29, 1.82) is 0 Å². The Bertz CT molecular complexity index is 1510. The molecule has 0 bridgehead atoms. The van der Waals surface area contributed by atoms with Crippen LogP contribution in [0.5, 0.6) is 5.75 Å². The number of carbonyl (C=O) groups is 2. The highest BCUT2D eigenvalue weighted by molar-refractivity contribution is 7.91. The normalized spacial score (nSPS) is 15.2. The number of ether oxygens (including phenoxy) is 1. The van der Waals surface area contributed by atoms with Gasteiger partial charge in [-0.05, 0) is 72.9 Å². The average molecular weight is 572 g/mol. The highest BCUT2D eigenvalue weighted by Gasteiger charge is 2.39. The number of amides is 3. The first kappa shape index (κ1) is 27.3. The summed E-state index contributed by atoms with van der Waals surface area (Å²) < 4.78 is 62.1. The van der Waals surface area contributed by atoms with Crippen molar-refractivity contribution in [3.05, 3.63) is 83.6 Å². The van der Waals surface area contributed by atoms with E-state index in [9.17, 15) is 26.8 Å². The zero-order chi connectivity index (χ0) is 28.4. The van der Waals surface area contributed by atoms with E-state index in [1.807, 2.05) is 4.72 Å². The van der Waals surface area contributed by atoms with E-state index in [2.05, 4.69) is 10.3 Å². The monoisotopic (exact) mass is 571 g/mol. The Morgan fingerprint density at radius 2 is 1.82 bits per heavy atom. The van der Waals surface area contributed by atoms with Gasteiger partial charge in [0.15, 0.2) is 0 Å². The first-order valence-electron chi connectivity index (χ1n) is 12.6. The van der Waals surface area contributed by atoms with Crippen LogP contribution < -0.4 is 24.0 Å². The summed E-state index contributed by atoms with van der Waals surface area (Å²) in [6, 6.07) is 10.3. The van der Waals surface area contributed by atoms with Crippen molar-refractivity contribution in [3.63, 3.8) is 0 Å². The number of hydrogen-bond donors (Lipinski definition) is 2. The Hall–Kier alpha value is -4.26. The van der Waals surface area contributed by atoms with E-state index in [-0.39, 0.29) is 30.4 Å². The van der Waals surface area contributed by atoms with Crippen molar-refractivity contribution < 1.29 is 31.5 Å². The molecule has 0 radical (unpaired) electrons.